The summed E-state index contributed by atoms with van der Waals surface area (Å²) in [6, 6.07) is 5.66. The summed E-state index contributed by atoms with van der Waals surface area (Å²) >= 11 is 0. The van der Waals surface area contributed by atoms with Gasteiger partial charge in [-0.1, -0.05) is 65.9 Å². The third-order valence-corrected chi connectivity index (χ3v) is 4.57. The molecule has 0 fully saturated rings. The number of nitrogens with one attached hydrogen (secondary N) is 1. The van der Waals surface area contributed by atoms with Gasteiger partial charge in [-0.05, 0) is 37.8 Å². The van der Waals surface area contributed by atoms with Gasteiger partial charge in [-0.25, -0.2) is 0 Å². The number of rotatable bonds is 11. The van der Waals surface area contributed by atoms with Crippen LogP contribution in [-0.4, -0.2) is 41.4 Å². The molecular weight excluding hydrogens is 360 g/mol. The van der Waals surface area contributed by atoms with E-state index >= 15 is 0 Å². The van der Waals surface area contributed by atoms with E-state index in [0.29, 0.717) is 12.2 Å². The average molecular weight is 401 g/mol. The minimum Gasteiger partial charge on any atom is -0.351 e. The van der Waals surface area contributed by atoms with Crippen molar-refractivity contribution in [2.75, 3.05) is 13.1 Å². The number of aromatic nitrogens is 1. The van der Waals surface area contributed by atoms with Crippen molar-refractivity contribution in [3.63, 3.8) is 0 Å². The Morgan fingerprint density at radius 1 is 1.07 bits per heavy atom. The first-order chi connectivity index (χ1) is 14.2. The summed E-state index contributed by atoms with van der Waals surface area (Å²) in [4.78, 5) is 25.8. The van der Waals surface area contributed by atoms with Crippen molar-refractivity contribution in [1.29, 1.82) is 0 Å². The molecule has 1 N–H and O–H groups in total. The van der Waals surface area contributed by atoms with Crippen molar-refractivity contribution in [1.82, 2.24) is 10.3 Å². The predicted octanol–water partition coefficient (Wildman–Crippen LogP) is 5.65. The second kappa shape index (κ2) is 15.8. The minimum absolute atomic E-state index is 0.0935. The number of unbranched alkanes of at least 4 members (excludes halogenated alkanes) is 2. The van der Waals surface area contributed by atoms with Gasteiger partial charge in [0.15, 0.2) is 0 Å². The Morgan fingerprint density at radius 3 is 2.48 bits per heavy atom. The molecule has 1 aliphatic rings. The topological polar surface area (TPSA) is 66.7 Å². The van der Waals surface area contributed by atoms with Gasteiger partial charge in [-0.2, -0.15) is 0 Å². The molecule has 5 nitrogen and oxygen atoms in total. The standard InChI is InChI=1S/C21H32N4O.C3H8/c1-3-10-17-16-24-18(11-4-2)19(25-17)12-6-5-8-15-23-21(26)20-13-7-9-14-22-20;1-3-2/h7,9,13-14,19H,3-6,8,10-12,15-16H2,1-2H3,(H,23,26);3H2,1-2H3/t19-;/m1./s1. The van der Waals surface area contributed by atoms with Gasteiger partial charge in [0, 0.05) is 24.2 Å². The Morgan fingerprint density at radius 2 is 1.83 bits per heavy atom. The lowest BCUT2D eigenvalue weighted by Crippen LogP contribution is -2.27. The fourth-order valence-corrected chi connectivity index (χ4v) is 3.23. The molecule has 5 heteroatoms. The van der Waals surface area contributed by atoms with Crippen LogP contribution in [0.25, 0.3) is 0 Å². The zero-order chi connectivity index (χ0) is 21.3. The first kappa shape index (κ1) is 25.0. The third-order valence-electron chi connectivity index (χ3n) is 4.57. The summed E-state index contributed by atoms with van der Waals surface area (Å²) in [5, 5.41) is 2.94. The summed E-state index contributed by atoms with van der Waals surface area (Å²) < 4.78 is 0. The van der Waals surface area contributed by atoms with Gasteiger partial charge in [0.1, 0.15) is 5.69 Å². The lowest BCUT2D eigenvalue weighted by molar-refractivity contribution is 0.0948. The Hall–Kier alpha value is -2.04. The van der Waals surface area contributed by atoms with Crippen LogP contribution in [0.5, 0.6) is 0 Å². The number of carbonyl (C=O) groups excluding carboxylic acids is 1. The summed E-state index contributed by atoms with van der Waals surface area (Å²) in [5.41, 5.74) is 3.03. The molecule has 0 saturated heterocycles. The summed E-state index contributed by atoms with van der Waals surface area (Å²) in [5.74, 6) is -0.0935. The maximum Gasteiger partial charge on any atom is 0.269 e. The number of amides is 1. The normalized spacial score (nSPS) is 15.7. The zero-order valence-electron chi connectivity index (χ0n) is 18.9. The van der Waals surface area contributed by atoms with E-state index in [1.54, 1.807) is 12.3 Å². The molecule has 2 rings (SSSR count). The smallest absolute Gasteiger partial charge is 0.269 e. The van der Waals surface area contributed by atoms with E-state index in [1.807, 2.05) is 12.1 Å². The molecule has 0 spiro atoms. The van der Waals surface area contributed by atoms with Gasteiger partial charge >= 0.3 is 0 Å². The van der Waals surface area contributed by atoms with Crippen LogP contribution in [0.4, 0.5) is 0 Å². The Balaban J connectivity index is 0.00000132. The highest BCUT2D eigenvalue weighted by Crippen LogP contribution is 2.16. The molecule has 1 amide bonds. The van der Waals surface area contributed by atoms with Crippen LogP contribution >= 0.6 is 0 Å². The van der Waals surface area contributed by atoms with Crippen molar-refractivity contribution < 1.29 is 4.79 Å². The maximum absolute atomic E-state index is 11.9. The van der Waals surface area contributed by atoms with E-state index in [2.05, 4.69) is 38.0 Å². The van der Waals surface area contributed by atoms with Crippen LogP contribution in [0.2, 0.25) is 0 Å². The van der Waals surface area contributed by atoms with Crippen molar-refractivity contribution in [3.05, 3.63) is 30.1 Å². The van der Waals surface area contributed by atoms with Crippen LogP contribution in [0.3, 0.4) is 0 Å². The molecule has 0 saturated carbocycles. The van der Waals surface area contributed by atoms with Crippen LogP contribution in [0.1, 0.15) is 96.0 Å². The number of hydrogen-bond acceptors (Lipinski definition) is 4. The highest BCUT2D eigenvalue weighted by molar-refractivity contribution is 5.99. The minimum atomic E-state index is -0.0935. The fourth-order valence-electron chi connectivity index (χ4n) is 3.23. The van der Waals surface area contributed by atoms with Gasteiger partial charge in [0.05, 0.1) is 12.6 Å². The number of carbonyl (C=O) groups is 1. The first-order valence-corrected chi connectivity index (χ1v) is 11.4. The van der Waals surface area contributed by atoms with E-state index in [1.165, 1.54) is 17.8 Å². The molecule has 0 unspecified atom stereocenters. The van der Waals surface area contributed by atoms with Gasteiger partial charge in [-0.3, -0.25) is 19.8 Å². The lowest BCUT2D eigenvalue weighted by atomic mass is 9.98. The number of hydrogen-bond donors (Lipinski definition) is 1. The predicted molar refractivity (Wildman–Crippen MR) is 124 cm³/mol. The van der Waals surface area contributed by atoms with Gasteiger partial charge < -0.3 is 5.32 Å². The number of pyridine rings is 1. The Labute approximate surface area is 177 Å². The average Bonchev–Trinajstić information content (AvgIpc) is 2.73. The molecule has 1 aliphatic heterocycles. The van der Waals surface area contributed by atoms with Gasteiger partial charge in [0.25, 0.3) is 5.91 Å². The quantitative estimate of drug-likeness (QED) is 0.488. The second-order valence-corrected chi connectivity index (χ2v) is 7.55. The number of aliphatic imine (C=N–C) groups is 2. The first-order valence-electron chi connectivity index (χ1n) is 11.4. The van der Waals surface area contributed by atoms with E-state index in [0.717, 1.165) is 57.9 Å². The Kier molecular flexibility index (Phi) is 13.6. The van der Waals surface area contributed by atoms with Crippen LogP contribution < -0.4 is 5.32 Å². The monoisotopic (exact) mass is 400 g/mol. The van der Waals surface area contributed by atoms with E-state index < -0.39 is 0 Å². The molecule has 0 radical (unpaired) electrons. The largest absolute Gasteiger partial charge is 0.351 e. The molecule has 29 heavy (non-hydrogen) atoms. The third kappa shape index (κ3) is 10.3. The van der Waals surface area contributed by atoms with E-state index in [4.69, 9.17) is 9.98 Å². The van der Waals surface area contributed by atoms with Crippen LogP contribution in [0, 0.1) is 0 Å². The molecular formula is C24H40N4O. The molecule has 2 heterocycles. The van der Waals surface area contributed by atoms with Crippen molar-refractivity contribution in [2.45, 2.75) is 91.5 Å². The molecule has 162 valence electrons. The van der Waals surface area contributed by atoms with Gasteiger partial charge in [-0.15, -0.1) is 0 Å². The summed E-state index contributed by atoms with van der Waals surface area (Å²) in [7, 11) is 0. The van der Waals surface area contributed by atoms with Crippen molar-refractivity contribution >= 4 is 17.3 Å². The van der Waals surface area contributed by atoms with Crippen molar-refractivity contribution in [3.8, 4) is 0 Å². The summed E-state index contributed by atoms with van der Waals surface area (Å²) in [6.07, 6.45) is 11.6. The molecule has 0 bridgehead atoms. The maximum atomic E-state index is 11.9. The van der Waals surface area contributed by atoms with E-state index in [9.17, 15) is 4.79 Å². The number of nitrogens with zero attached hydrogens (tertiary/aromatic N) is 3. The molecule has 0 aliphatic carbocycles. The zero-order valence-corrected chi connectivity index (χ0v) is 18.9. The van der Waals surface area contributed by atoms with Crippen LogP contribution in [0.15, 0.2) is 34.4 Å². The fraction of sp³-hybridized carbons (Fsp3) is 0.667. The highest BCUT2D eigenvalue weighted by Gasteiger charge is 2.18. The Bertz CT molecular complexity index is 625. The van der Waals surface area contributed by atoms with Gasteiger partial charge in [0.2, 0.25) is 0 Å². The highest BCUT2D eigenvalue weighted by atomic mass is 16.1. The molecule has 0 aromatic carbocycles. The molecule has 1 atom stereocenters. The van der Waals surface area contributed by atoms with Crippen molar-refractivity contribution in [2.24, 2.45) is 9.98 Å². The molecule has 1 aromatic heterocycles. The van der Waals surface area contributed by atoms with Crippen LogP contribution in [-0.2, 0) is 0 Å². The lowest BCUT2D eigenvalue weighted by Gasteiger charge is -2.21. The second-order valence-electron chi connectivity index (χ2n) is 7.55. The SMILES string of the molecule is CCC.CCCC1=N[C@H](CCCCCNC(=O)c2ccccn2)C(CCC)=NC1. The molecule has 1 aromatic rings. The summed E-state index contributed by atoms with van der Waals surface area (Å²) in [6.45, 7) is 10.1. The van der Waals surface area contributed by atoms with E-state index in [-0.39, 0.29) is 11.9 Å².